The van der Waals surface area contributed by atoms with E-state index in [0.29, 0.717) is 13.1 Å². The third-order valence-corrected chi connectivity index (χ3v) is 2.70. The van der Waals surface area contributed by atoms with E-state index in [2.05, 4.69) is 17.2 Å². The molecule has 0 bridgehead atoms. The number of carbonyl (C=O) groups is 2. The molecule has 0 spiro atoms. The largest absolute Gasteiger partial charge is 0.476 e. The van der Waals surface area contributed by atoms with Crippen LogP contribution in [0.25, 0.3) is 0 Å². The molecule has 2 N–H and O–H groups in total. The van der Waals surface area contributed by atoms with Crippen LogP contribution in [0.2, 0.25) is 0 Å². The molecule has 1 rings (SSSR count). The Hall–Kier alpha value is -2.11. The number of carboxylic acids is 1. The van der Waals surface area contributed by atoms with Gasteiger partial charge in [0.05, 0.1) is 5.69 Å². The lowest BCUT2D eigenvalue weighted by molar-refractivity contribution is 0.0691. The lowest BCUT2D eigenvalue weighted by atomic mass is 10.3. The first kappa shape index (κ1) is 14.9. The van der Waals surface area contributed by atoms with Crippen LogP contribution in [0.1, 0.15) is 37.2 Å². The molecule has 6 heteroatoms. The highest BCUT2D eigenvalue weighted by Gasteiger charge is 2.16. The molecule has 0 fully saturated rings. The van der Waals surface area contributed by atoms with Gasteiger partial charge in [-0.1, -0.05) is 13.3 Å². The number of hydrogen-bond donors (Lipinski definition) is 2. The predicted molar refractivity (Wildman–Crippen MR) is 72.4 cm³/mol. The fourth-order valence-electron chi connectivity index (χ4n) is 1.62. The number of unbranched alkanes of at least 4 members (excludes halogenated alkanes) is 1. The van der Waals surface area contributed by atoms with E-state index in [1.807, 2.05) is 6.92 Å². The molecule has 2 amide bonds. The lowest BCUT2D eigenvalue weighted by Crippen LogP contribution is -2.36. The van der Waals surface area contributed by atoms with E-state index in [1.54, 1.807) is 11.0 Å². The minimum Gasteiger partial charge on any atom is -0.476 e. The summed E-state index contributed by atoms with van der Waals surface area (Å²) in [5.74, 6) is -1.16. The van der Waals surface area contributed by atoms with Crippen LogP contribution in [0.3, 0.4) is 0 Å². The number of aromatic nitrogens is 1. The van der Waals surface area contributed by atoms with Crippen LogP contribution >= 0.6 is 0 Å². The quantitative estimate of drug-likeness (QED) is 0.827. The number of nitrogens with zero attached hydrogens (tertiary/aromatic N) is 2. The minimum absolute atomic E-state index is 0.151. The smallest absolute Gasteiger partial charge is 0.356 e. The fourth-order valence-corrected chi connectivity index (χ4v) is 1.62. The molecule has 0 saturated carbocycles. The highest BCUT2D eigenvalue weighted by molar-refractivity contribution is 5.98. The first-order chi connectivity index (χ1) is 9.10. The number of amides is 2. The molecule has 104 valence electrons. The number of pyridine rings is 1. The number of hydrogen-bond acceptors (Lipinski definition) is 3. The zero-order valence-corrected chi connectivity index (χ0v) is 11.2. The topological polar surface area (TPSA) is 82.5 Å². The summed E-state index contributed by atoms with van der Waals surface area (Å²) in [6.45, 7) is 5.17. The maximum Gasteiger partial charge on any atom is 0.356 e. The number of anilines is 1. The van der Waals surface area contributed by atoms with Gasteiger partial charge in [0, 0.05) is 19.3 Å². The van der Waals surface area contributed by atoms with Crippen molar-refractivity contribution in [3.63, 3.8) is 0 Å². The number of carbonyl (C=O) groups excluding carboxylic acids is 1. The third-order valence-electron chi connectivity index (χ3n) is 2.70. The molecule has 0 unspecified atom stereocenters. The van der Waals surface area contributed by atoms with Crippen LogP contribution in [0.4, 0.5) is 10.5 Å². The van der Waals surface area contributed by atoms with E-state index in [4.69, 9.17) is 5.11 Å². The maximum absolute atomic E-state index is 12.0. The van der Waals surface area contributed by atoms with Gasteiger partial charge in [-0.3, -0.25) is 0 Å². The van der Waals surface area contributed by atoms with Crippen molar-refractivity contribution >= 4 is 17.7 Å². The molecule has 0 atom stereocenters. The Morgan fingerprint density at radius 3 is 2.74 bits per heavy atom. The van der Waals surface area contributed by atoms with Crippen molar-refractivity contribution in [1.29, 1.82) is 0 Å². The van der Waals surface area contributed by atoms with Gasteiger partial charge in [0.25, 0.3) is 0 Å². The molecular formula is C13H19N3O3. The molecule has 6 nitrogen and oxygen atoms in total. The molecular weight excluding hydrogens is 246 g/mol. The van der Waals surface area contributed by atoms with Crippen LogP contribution < -0.4 is 5.32 Å². The summed E-state index contributed by atoms with van der Waals surface area (Å²) in [6.07, 6.45) is 3.30. The summed E-state index contributed by atoms with van der Waals surface area (Å²) < 4.78 is 0. The van der Waals surface area contributed by atoms with Crippen LogP contribution in [-0.2, 0) is 0 Å². The Bertz CT molecular complexity index is 449. The second kappa shape index (κ2) is 7.35. The second-order valence-electron chi connectivity index (χ2n) is 4.07. The fraction of sp³-hybridized carbons (Fsp3) is 0.462. The minimum atomic E-state index is -1.16. The highest BCUT2D eigenvalue weighted by atomic mass is 16.4. The average Bonchev–Trinajstić information content (AvgIpc) is 2.40. The Labute approximate surface area is 112 Å². The molecule has 0 aliphatic heterocycles. The zero-order valence-electron chi connectivity index (χ0n) is 11.2. The Morgan fingerprint density at radius 1 is 1.42 bits per heavy atom. The number of rotatable bonds is 6. The van der Waals surface area contributed by atoms with Crippen LogP contribution in [0.15, 0.2) is 18.3 Å². The summed E-state index contributed by atoms with van der Waals surface area (Å²) in [5, 5.41) is 11.6. The van der Waals surface area contributed by atoms with Crippen molar-refractivity contribution in [1.82, 2.24) is 9.88 Å². The SMILES string of the molecule is CCCCN(CC)C(=O)Nc1cccnc1C(=O)O. The third kappa shape index (κ3) is 4.24. The molecule has 0 radical (unpaired) electrons. The van der Waals surface area contributed by atoms with Crippen molar-refractivity contribution < 1.29 is 14.7 Å². The van der Waals surface area contributed by atoms with Gasteiger partial charge >= 0.3 is 12.0 Å². The van der Waals surface area contributed by atoms with Gasteiger partial charge in [0.1, 0.15) is 0 Å². The number of urea groups is 1. The standard InChI is InChI=1S/C13H19N3O3/c1-3-5-9-16(4-2)13(19)15-10-7-6-8-14-11(10)12(17)18/h6-8H,3-5,9H2,1-2H3,(H,15,19)(H,17,18). The van der Waals surface area contributed by atoms with Gasteiger partial charge < -0.3 is 15.3 Å². The molecule has 1 aromatic rings. The van der Waals surface area contributed by atoms with Crippen molar-refractivity contribution in [2.75, 3.05) is 18.4 Å². The van der Waals surface area contributed by atoms with Gasteiger partial charge in [-0.05, 0) is 25.5 Å². The summed E-state index contributed by atoms with van der Waals surface area (Å²) in [5.41, 5.74) is 0.0670. The van der Waals surface area contributed by atoms with E-state index < -0.39 is 5.97 Å². The highest BCUT2D eigenvalue weighted by Crippen LogP contribution is 2.13. The Balaban J connectivity index is 2.78. The molecule has 19 heavy (non-hydrogen) atoms. The zero-order chi connectivity index (χ0) is 14.3. The van der Waals surface area contributed by atoms with E-state index >= 15 is 0 Å². The first-order valence-corrected chi connectivity index (χ1v) is 6.34. The van der Waals surface area contributed by atoms with Crippen LogP contribution in [-0.4, -0.2) is 40.1 Å². The second-order valence-corrected chi connectivity index (χ2v) is 4.07. The molecule has 1 heterocycles. The van der Waals surface area contributed by atoms with Crippen LogP contribution in [0.5, 0.6) is 0 Å². The molecule has 0 aliphatic carbocycles. The average molecular weight is 265 g/mol. The van der Waals surface area contributed by atoms with Gasteiger partial charge in [-0.25, -0.2) is 14.6 Å². The molecule has 1 aromatic heterocycles. The van der Waals surface area contributed by atoms with Crippen molar-refractivity contribution in [2.45, 2.75) is 26.7 Å². The van der Waals surface area contributed by atoms with Crippen molar-refractivity contribution in [2.24, 2.45) is 0 Å². The Kier molecular flexibility index (Phi) is 5.78. The summed E-state index contributed by atoms with van der Waals surface area (Å²) >= 11 is 0. The van der Waals surface area contributed by atoms with Gasteiger partial charge in [-0.2, -0.15) is 0 Å². The normalized spacial score (nSPS) is 10.0. The molecule has 0 aliphatic rings. The molecule has 0 aromatic carbocycles. The monoisotopic (exact) mass is 265 g/mol. The summed E-state index contributed by atoms with van der Waals surface area (Å²) in [7, 11) is 0. The van der Waals surface area contributed by atoms with Gasteiger partial charge in [0.15, 0.2) is 5.69 Å². The Morgan fingerprint density at radius 2 is 2.16 bits per heavy atom. The first-order valence-electron chi connectivity index (χ1n) is 6.34. The van der Waals surface area contributed by atoms with E-state index in [0.717, 1.165) is 12.8 Å². The van der Waals surface area contributed by atoms with E-state index in [9.17, 15) is 9.59 Å². The molecule has 0 saturated heterocycles. The van der Waals surface area contributed by atoms with Gasteiger partial charge in [-0.15, -0.1) is 0 Å². The van der Waals surface area contributed by atoms with Crippen molar-refractivity contribution in [3.8, 4) is 0 Å². The van der Waals surface area contributed by atoms with E-state index in [-0.39, 0.29) is 17.4 Å². The summed E-state index contributed by atoms with van der Waals surface area (Å²) in [6, 6.07) is 2.82. The van der Waals surface area contributed by atoms with E-state index in [1.165, 1.54) is 12.3 Å². The maximum atomic E-state index is 12.0. The van der Waals surface area contributed by atoms with Gasteiger partial charge in [0.2, 0.25) is 0 Å². The predicted octanol–water partition coefficient (Wildman–Crippen LogP) is 2.43. The lowest BCUT2D eigenvalue weighted by Gasteiger charge is -2.21. The number of carboxylic acid groups (broad SMARTS) is 1. The number of nitrogens with one attached hydrogen (secondary N) is 1. The van der Waals surface area contributed by atoms with Crippen LogP contribution in [0, 0.1) is 0 Å². The number of aromatic carboxylic acids is 1. The van der Waals surface area contributed by atoms with Crippen molar-refractivity contribution in [3.05, 3.63) is 24.0 Å². The summed E-state index contributed by atoms with van der Waals surface area (Å²) in [4.78, 5) is 28.4.